The summed E-state index contributed by atoms with van der Waals surface area (Å²) in [7, 11) is 11.0. The first-order valence-corrected chi connectivity index (χ1v) is 32.2. The molecule has 0 bridgehead atoms. The Kier molecular flexibility index (Phi) is 40.5. The summed E-state index contributed by atoms with van der Waals surface area (Å²) in [5.74, 6) is 0.522. The Balaban J connectivity index is 0. The van der Waals surface area contributed by atoms with Crippen molar-refractivity contribution >= 4 is 134 Å². The normalized spacial score (nSPS) is 9.36. The Labute approximate surface area is 544 Å². The summed E-state index contributed by atoms with van der Waals surface area (Å²) in [6.07, 6.45) is 1.74. The van der Waals surface area contributed by atoms with Crippen molar-refractivity contribution in [2.75, 3.05) is 74.2 Å². The van der Waals surface area contributed by atoms with E-state index in [0.29, 0.717) is 5.69 Å². The smallest absolute Gasteiger partial charge is 0.180 e. The fourth-order valence-electron chi connectivity index (χ4n) is 8.23. The van der Waals surface area contributed by atoms with Crippen LogP contribution < -0.4 is 31.9 Å². The van der Waals surface area contributed by atoms with Gasteiger partial charge in [0.2, 0.25) is 0 Å². The molecule has 4 aromatic carbocycles. The van der Waals surface area contributed by atoms with Gasteiger partial charge >= 0.3 is 0 Å². The van der Waals surface area contributed by atoms with Crippen LogP contribution in [-0.2, 0) is 0 Å². The number of anilines is 6. The van der Waals surface area contributed by atoms with Crippen molar-refractivity contribution in [2.45, 2.75) is 139 Å². The summed E-state index contributed by atoms with van der Waals surface area (Å²) >= 11 is 4.54. The molecule has 484 valence electrons. The van der Waals surface area contributed by atoms with Crippen LogP contribution in [0.1, 0.15) is 192 Å². The first-order chi connectivity index (χ1) is 42.0. The predicted octanol–water partition coefficient (Wildman–Crippen LogP) is 20.3. The molecule has 0 radical (unpaired) electrons. The molecule has 5 heterocycles. The Morgan fingerprint density at radius 2 is 0.831 bits per heavy atom. The molecule has 0 saturated carbocycles. The lowest BCUT2D eigenvalue weighted by molar-refractivity contribution is 0.100. The highest BCUT2D eigenvalue weighted by molar-refractivity contribution is 7.22. The highest BCUT2D eigenvalue weighted by atomic mass is 32.1. The number of hydrogen-bond donors (Lipinski definition) is 6. The van der Waals surface area contributed by atoms with E-state index in [1.165, 1.54) is 34.3 Å². The van der Waals surface area contributed by atoms with Crippen LogP contribution in [0, 0.1) is 34.6 Å². The summed E-state index contributed by atoms with van der Waals surface area (Å²) in [6, 6.07) is 31.5. The van der Waals surface area contributed by atoms with Gasteiger partial charge in [-0.3, -0.25) is 28.8 Å². The minimum atomic E-state index is -0.0111. The zero-order chi connectivity index (χ0) is 67.5. The minimum absolute atomic E-state index is 0. The van der Waals surface area contributed by atoms with E-state index in [0.717, 1.165) is 102 Å². The molecule has 14 nitrogen and oxygen atoms in total. The molecule has 0 aliphatic heterocycles. The van der Waals surface area contributed by atoms with Crippen molar-refractivity contribution in [3.8, 4) is 0 Å². The zero-order valence-corrected chi connectivity index (χ0v) is 59.3. The topological polar surface area (TPSA) is 200 Å². The van der Waals surface area contributed by atoms with Gasteiger partial charge in [-0.05, 0) is 131 Å². The first-order valence-electron chi connectivity index (χ1n) is 29.7. The predicted molar refractivity (Wildman–Crippen MR) is 394 cm³/mol. The van der Waals surface area contributed by atoms with E-state index in [1.54, 1.807) is 70.5 Å². The number of Topliss-reactive ketones (excluding diaryl/α,β-unsaturated/α-hetero) is 6. The van der Waals surface area contributed by atoms with E-state index in [-0.39, 0.29) is 42.1 Å². The van der Waals surface area contributed by atoms with Crippen molar-refractivity contribution in [3.63, 3.8) is 0 Å². The Morgan fingerprint density at radius 1 is 0.404 bits per heavy atom. The number of rotatable bonds is 12. The van der Waals surface area contributed by atoms with Gasteiger partial charge in [0.25, 0.3) is 0 Å². The number of aromatic nitrogens is 2. The van der Waals surface area contributed by atoms with Crippen LogP contribution in [0.5, 0.6) is 0 Å². The van der Waals surface area contributed by atoms with Gasteiger partial charge in [0.1, 0.15) is 10.5 Å². The Hall–Kier alpha value is -8.12. The van der Waals surface area contributed by atoms with Gasteiger partial charge in [-0.1, -0.05) is 105 Å². The van der Waals surface area contributed by atoms with E-state index in [4.69, 9.17) is 0 Å². The fourth-order valence-corrected chi connectivity index (χ4v) is 11.4. The molecule has 0 aliphatic rings. The molecule has 9 aromatic rings. The van der Waals surface area contributed by atoms with E-state index in [1.807, 2.05) is 222 Å². The Morgan fingerprint density at radius 3 is 1.30 bits per heavy atom. The first kappa shape index (κ1) is 82.9. The maximum atomic E-state index is 11.4. The van der Waals surface area contributed by atoms with Crippen LogP contribution >= 0.6 is 34.0 Å². The van der Waals surface area contributed by atoms with Crippen LogP contribution in [0.15, 0.2) is 103 Å². The third kappa shape index (κ3) is 24.1. The second-order valence-corrected chi connectivity index (χ2v) is 21.6. The number of nitrogens with zero attached hydrogens (tertiary/aromatic N) is 2. The lowest BCUT2D eigenvalue weighted by Crippen LogP contribution is -2.04. The maximum Gasteiger partial charge on any atom is 0.180 e. The van der Waals surface area contributed by atoms with Gasteiger partial charge in [-0.2, -0.15) is 0 Å². The largest absolute Gasteiger partial charge is 0.388 e. The van der Waals surface area contributed by atoms with Gasteiger partial charge in [0.15, 0.2) is 34.7 Å². The lowest BCUT2D eigenvalue weighted by atomic mass is 10.0. The van der Waals surface area contributed by atoms with Crippen LogP contribution in [0.25, 0.3) is 31.1 Å². The minimum Gasteiger partial charge on any atom is -0.388 e. The van der Waals surface area contributed by atoms with Crippen LogP contribution in [0.2, 0.25) is 0 Å². The average molecular weight is 1270 g/mol. The molecular formula is C72H102N8O6S3. The van der Waals surface area contributed by atoms with Gasteiger partial charge in [0.05, 0.1) is 37.4 Å². The maximum absolute atomic E-state index is 11.4. The number of ketones is 6. The van der Waals surface area contributed by atoms with E-state index >= 15 is 0 Å². The van der Waals surface area contributed by atoms with Crippen molar-refractivity contribution in [3.05, 3.63) is 162 Å². The molecule has 0 unspecified atom stereocenters. The Bertz CT molecular complexity index is 3600. The molecule has 17 heteroatoms. The molecule has 9 rings (SSSR count). The molecule has 89 heavy (non-hydrogen) atoms. The van der Waals surface area contributed by atoms with Crippen molar-refractivity contribution < 1.29 is 28.8 Å². The molecule has 0 saturated heterocycles. The number of fused-ring (bicyclic) bond motifs is 3. The van der Waals surface area contributed by atoms with Crippen LogP contribution in [-0.4, -0.2) is 87.0 Å². The van der Waals surface area contributed by atoms with Crippen LogP contribution in [0.3, 0.4) is 0 Å². The number of hydrogen-bond acceptors (Lipinski definition) is 17. The fraction of sp³-hybridized carbons (Fsp3) is 0.361. The number of carbonyl (C=O) groups is 6. The summed E-state index contributed by atoms with van der Waals surface area (Å²) in [4.78, 5) is 80.5. The van der Waals surface area contributed by atoms with E-state index in [2.05, 4.69) is 41.9 Å². The number of thiophene rings is 3. The van der Waals surface area contributed by atoms with Gasteiger partial charge in [-0.15, -0.1) is 34.0 Å². The molecule has 0 amide bonds. The number of benzene rings is 4. The van der Waals surface area contributed by atoms with Gasteiger partial charge < -0.3 is 31.9 Å². The summed E-state index contributed by atoms with van der Waals surface area (Å²) < 4.78 is 1.15. The highest BCUT2D eigenvalue weighted by Gasteiger charge is 2.17. The van der Waals surface area contributed by atoms with Crippen molar-refractivity contribution in [1.82, 2.24) is 9.97 Å². The third-order valence-electron chi connectivity index (χ3n) is 12.6. The standard InChI is InChI=1S/C13H13NO.C11H11NOS.C11H15NO.C10H10N2OS.C9H12N2O.C9H13NOS.4C2H6.CH4/c1-9(15)12-7-10-5-3-4-6-11(10)8-13(12)14-2;1-7(13)11-10(12-2)8-5-3-4-6-9(8)14-11;1-7-5-10(9(3)13)11(12-4)6-8(7)2;1-6(13)9-8(11-2)7-4-3-5-12-10(7)14-9;1-6-4-5-8(10-3)9(11-6)7(2)12;1-5-7(3)12-9(6(2)11)8(5)10-4;4*1-2;/h3-8,14H,1-2H3;3-6,12H,1-2H3;5-6,12H,1-4H3;3-5,11H,1-2H3;4-5,10H,1-3H3;10H,1-4H3;4*1-2H3;1H4. The van der Waals surface area contributed by atoms with Gasteiger partial charge in [0, 0.05) is 125 Å². The molecule has 0 spiro atoms. The second-order valence-electron chi connectivity index (χ2n) is 18.4. The molecule has 5 aromatic heterocycles. The summed E-state index contributed by atoms with van der Waals surface area (Å²) in [5.41, 5.74) is 11.9. The lowest BCUT2D eigenvalue weighted by Gasteiger charge is -2.09. The second kappa shape index (κ2) is 43.5. The number of nitrogens with one attached hydrogen (secondary N) is 6. The highest BCUT2D eigenvalue weighted by Crippen LogP contribution is 2.37. The van der Waals surface area contributed by atoms with Crippen molar-refractivity contribution in [2.24, 2.45) is 0 Å². The summed E-state index contributed by atoms with van der Waals surface area (Å²) in [6.45, 7) is 35.5. The van der Waals surface area contributed by atoms with E-state index < -0.39 is 0 Å². The SMILES string of the molecule is C.CC.CC.CC.CC.CNc1c(C(C)=O)sc(C)c1C.CNc1c(C(C)=O)sc2ccccc12.CNc1c(C(C)=O)sc2ncccc12.CNc1cc(C)c(C)cc1C(C)=O.CNc1cc2ccccc2cc1C(C)=O.CNc1ccc(C)nc1C(C)=O. The quantitative estimate of drug-likeness (QED) is 0.0631. The molecule has 0 aliphatic carbocycles. The monoisotopic (exact) mass is 1270 g/mol. The number of aryl methyl sites for hydroxylation is 4. The molecule has 6 N–H and O–H groups in total. The van der Waals surface area contributed by atoms with E-state index in [9.17, 15) is 28.8 Å². The van der Waals surface area contributed by atoms with Crippen LogP contribution in [0.4, 0.5) is 34.1 Å². The summed E-state index contributed by atoms with van der Waals surface area (Å²) in [5, 5.41) is 22.6. The molecular weight excluding hydrogens is 1170 g/mol. The third-order valence-corrected chi connectivity index (χ3v) is 16.4. The average Bonchev–Trinajstić information content (AvgIpc) is 4.26. The van der Waals surface area contributed by atoms with Crippen molar-refractivity contribution in [1.29, 1.82) is 0 Å². The molecule has 0 atom stereocenters. The molecule has 0 fully saturated rings. The van der Waals surface area contributed by atoms with Gasteiger partial charge in [-0.25, -0.2) is 9.97 Å². The zero-order valence-electron chi connectivity index (χ0n) is 56.9. The number of carbonyl (C=O) groups excluding carboxylic acids is 6. The number of pyridine rings is 2.